The summed E-state index contributed by atoms with van der Waals surface area (Å²) in [4.78, 5) is 16.6. The van der Waals surface area contributed by atoms with E-state index < -0.39 is 0 Å². The molecule has 2 rings (SSSR count). The Morgan fingerprint density at radius 3 is 2.62 bits per heavy atom. The zero-order valence-electron chi connectivity index (χ0n) is 11.7. The minimum absolute atomic E-state index is 0.206. The van der Waals surface area contributed by atoms with Crippen molar-refractivity contribution in [2.24, 2.45) is 0 Å². The Balaban J connectivity index is 2.30. The van der Waals surface area contributed by atoms with Gasteiger partial charge in [-0.3, -0.25) is 4.79 Å². The minimum Gasteiger partial charge on any atom is -0.384 e. The van der Waals surface area contributed by atoms with Crippen molar-refractivity contribution in [3.63, 3.8) is 0 Å². The number of nitrogens with one attached hydrogen (secondary N) is 1. The molecule has 0 atom stereocenters. The lowest BCUT2D eigenvalue weighted by Gasteiger charge is -2.11. The van der Waals surface area contributed by atoms with Crippen LogP contribution in [0.2, 0.25) is 0 Å². The van der Waals surface area contributed by atoms with Gasteiger partial charge in [-0.2, -0.15) is 0 Å². The summed E-state index contributed by atoms with van der Waals surface area (Å²) < 4.78 is 1.70. The average molecular weight is 413 g/mol. The smallest absolute Gasteiger partial charge is 0.255 e. The van der Waals surface area contributed by atoms with Gasteiger partial charge in [-0.15, -0.1) is 0 Å². The maximum Gasteiger partial charge on any atom is 0.255 e. The summed E-state index contributed by atoms with van der Waals surface area (Å²) in [5, 5.41) is 2.86. The third-order valence-electron chi connectivity index (χ3n) is 2.90. The van der Waals surface area contributed by atoms with Crippen molar-refractivity contribution in [1.29, 1.82) is 0 Å². The number of nitrogens with zero attached hydrogens (tertiary/aromatic N) is 1. The Morgan fingerprint density at radius 2 is 1.95 bits per heavy atom. The van der Waals surface area contributed by atoms with Crippen molar-refractivity contribution in [2.75, 3.05) is 11.1 Å². The molecule has 0 unspecified atom stereocenters. The van der Waals surface area contributed by atoms with Crippen molar-refractivity contribution >= 4 is 49.3 Å². The summed E-state index contributed by atoms with van der Waals surface area (Å²) in [6, 6.07) is 8.92. The Bertz CT molecular complexity index is 687. The van der Waals surface area contributed by atoms with Crippen LogP contribution in [0.3, 0.4) is 0 Å². The predicted octanol–water partition coefficient (Wildman–Crippen LogP) is 4.56. The number of benzene rings is 1. The van der Waals surface area contributed by atoms with Crippen LogP contribution in [-0.4, -0.2) is 10.9 Å². The third kappa shape index (κ3) is 4.04. The number of carbonyl (C=O) groups is 1. The van der Waals surface area contributed by atoms with Crippen LogP contribution in [0, 0.1) is 0 Å². The average Bonchev–Trinajstić information content (AvgIpc) is 2.42. The summed E-state index contributed by atoms with van der Waals surface area (Å²) in [7, 11) is 0. The van der Waals surface area contributed by atoms with Crippen molar-refractivity contribution in [3.05, 3.63) is 50.5 Å². The summed E-state index contributed by atoms with van der Waals surface area (Å²) in [5.41, 5.74) is 7.76. The second kappa shape index (κ2) is 6.58. The summed E-state index contributed by atoms with van der Waals surface area (Å²) in [6.07, 6.45) is 0. The molecule has 110 valence electrons. The van der Waals surface area contributed by atoms with Gasteiger partial charge in [0, 0.05) is 20.2 Å². The lowest BCUT2D eigenvalue weighted by Crippen LogP contribution is -2.14. The quantitative estimate of drug-likeness (QED) is 0.775. The van der Waals surface area contributed by atoms with E-state index in [2.05, 4.69) is 42.2 Å². The number of halogens is 2. The molecule has 0 bridgehead atoms. The third-order valence-corrected chi connectivity index (χ3v) is 4.08. The number of nitrogens with two attached hydrogens (primary N) is 1. The van der Waals surface area contributed by atoms with Gasteiger partial charge in [0.15, 0.2) is 0 Å². The highest BCUT2D eigenvalue weighted by molar-refractivity contribution is 9.11. The molecule has 0 aliphatic heterocycles. The van der Waals surface area contributed by atoms with Crippen LogP contribution >= 0.6 is 31.9 Å². The number of aromatic nitrogens is 1. The first-order valence-corrected chi connectivity index (χ1v) is 7.99. The van der Waals surface area contributed by atoms with Gasteiger partial charge in [0.05, 0.1) is 5.69 Å². The molecule has 2 aromatic rings. The summed E-state index contributed by atoms with van der Waals surface area (Å²) in [6.45, 7) is 4.02. The normalized spacial score (nSPS) is 10.7. The van der Waals surface area contributed by atoms with Crippen molar-refractivity contribution in [3.8, 4) is 0 Å². The van der Waals surface area contributed by atoms with Gasteiger partial charge >= 0.3 is 0 Å². The minimum atomic E-state index is -0.218. The molecule has 0 spiro atoms. The molecule has 4 nitrogen and oxygen atoms in total. The van der Waals surface area contributed by atoms with Crippen molar-refractivity contribution in [2.45, 2.75) is 19.8 Å². The van der Waals surface area contributed by atoms with Gasteiger partial charge in [-0.25, -0.2) is 4.98 Å². The van der Waals surface area contributed by atoms with Gasteiger partial charge in [0.1, 0.15) is 5.82 Å². The fraction of sp³-hybridized carbons (Fsp3) is 0.200. The van der Waals surface area contributed by atoms with Gasteiger partial charge in [0.2, 0.25) is 0 Å². The predicted molar refractivity (Wildman–Crippen MR) is 92.5 cm³/mol. The SMILES string of the molecule is CC(C)c1cc(C(=O)Nc2cc(Br)ccc2Br)cc(N)n1. The van der Waals surface area contributed by atoms with E-state index in [0.717, 1.165) is 14.6 Å². The van der Waals surface area contributed by atoms with Crippen LogP contribution in [-0.2, 0) is 0 Å². The maximum atomic E-state index is 12.4. The number of hydrogen-bond acceptors (Lipinski definition) is 3. The van der Waals surface area contributed by atoms with E-state index in [1.807, 2.05) is 32.0 Å². The second-order valence-electron chi connectivity index (χ2n) is 4.94. The van der Waals surface area contributed by atoms with Gasteiger partial charge in [-0.05, 0) is 52.2 Å². The standard InChI is InChI=1S/C15H15Br2N3O/c1-8(2)12-5-9(6-14(18)19-12)15(21)20-13-7-10(16)3-4-11(13)17/h3-8H,1-2H3,(H2,18,19)(H,20,21). The molecule has 0 fully saturated rings. The van der Waals surface area contributed by atoms with Gasteiger partial charge in [-0.1, -0.05) is 29.8 Å². The molecule has 1 aromatic heterocycles. The number of hydrogen-bond donors (Lipinski definition) is 2. The van der Waals surface area contributed by atoms with Crippen molar-refractivity contribution < 1.29 is 4.79 Å². The van der Waals surface area contributed by atoms with E-state index in [0.29, 0.717) is 17.1 Å². The summed E-state index contributed by atoms with van der Waals surface area (Å²) in [5.74, 6) is 0.335. The van der Waals surface area contributed by atoms with Crippen LogP contribution in [0.25, 0.3) is 0 Å². The van der Waals surface area contributed by atoms with E-state index >= 15 is 0 Å². The highest BCUT2D eigenvalue weighted by Crippen LogP contribution is 2.27. The number of carbonyl (C=O) groups excluding carboxylic acids is 1. The molecule has 1 aromatic carbocycles. The van der Waals surface area contributed by atoms with Crippen LogP contribution in [0.4, 0.5) is 11.5 Å². The number of nitrogen functional groups attached to an aromatic ring is 1. The second-order valence-corrected chi connectivity index (χ2v) is 6.71. The molecular weight excluding hydrogens is 398 g/mol. The van der Waals surface area contributed by atoms with Crippen LogP contribution in [0.5, 0.6) is 0 Å². The Hall–Kier alpha value is -1.40. The first kappa shape index (κ1) is 16.0. The zero-order chi connectivity index (χ0) is 15.6. The largest absolute Gasteiger partial charge is 0.384 e. The fourth-order valence-corrected chi connectivity index (χ4v) is 2.50. The number of rotatable bonds is 3. The van der Waals surface area contributed by atoms with E-state index in [1.54, 1.807) is 12.1 Å². The maximum absolute atomic E-state index is 12.4. The first-order valence-electron chi connectivity index (χ1n) is 6.40. The van der Waals surface area contributed by atoms with Gasteiger partial charge < -0.3 is 11.1 Å². The van der Waals surface area contributed by atoms with Crippen LogP contribution < -0.4 is 11.1 Å². The van der Waals surface area contributed by atoms with Crippen LogP contribution in [0.15, 0.2) is 39.3 Å². The molecule has 21 heavy (non-hydrogen) atoms. The van der Waals surface area contributed by atoms with Crippen molar-refractivity contribution in [1.82, 2.24) is 4.98 Å². The molecule has 1 heterocycles. The lowest BCUT2D eigenvalue weighted by molar-refractivity contribution is 0.102. The Labute approximate surface area is 140 Å². The highest BCUT2D eigenvalue weighted by Gasteiger charge is 2.12. The molecule has 3 N–H and O–H groups in total. The molecular formula is C15H15Br2N3O. The molecule has 1 amide bonds. The summed E-state index contributed by atoms with van der Waals surface area (Å²) >= 11 is 6.79. The first-order chi connectivity index (χ1) is 9.86. The molecule has 0 radical (unpaired) electrons. The topological polar surface area (TPSA) is 68.0 Å². The molecule has 6 heteroatoms. The van der Waals surface area contributed by atoms with E-state index in [-0.39, 0.29) is 11.8 Å². The molecule has 0 saturated carbocycles. The lowest BCUT2D eigenvalue weighted by atomic mass is 10.1. The Morgan fingerprint density at radius 1 is 1.24 bits per heavy atom. The van der Waals surface area contributed by atoms with Crippen LogP contribution in [0.1, 0.15) is 35.8 Å². The highest BCUT2D eigenvalue weighted by atomic mass is 79.9. The number of pyridine rings is 1. The van der Waals surface area contributed by atoms with E-state index in [4.69, 9.17) is 5.73 Å². The fourth-order valence-electron chi connectivity index (χ4n) is 1.79. The zero-order valence-corrected chi connectivity index (χ0v) is 14.8. The number of anilines is 2. The number of amides is 1. The Kier molecular flexibility index (Phi) is 5.00. The molecule has 0 aliphatic carbocycles. The monoisotopic (exact) mass is 411 g/mol. The van der Waals surface area contributed by atoms with E-state index in [1.165, 1.54) is 0 Å². The van der Waals surface area contributed by atoms with E-state index in [9.17, 15) is 4.79 Å². The molecule has 0 aliphatic rings. The molecule has 0 saturated heterocycles. The van der Waals surface area contributed by atoms with Gasteiger partial charge in [0.25, 0.3) is 5.91 Å².